The zero-order valence-electron chi connectivity index (χ0n) is 16.8. The number of rotatable bonds is 6. The molecule has 0 saturated carbocycles. The van der Waals surface area contributed by atoms with Crippen molar-refractivity contribution >= 4 is 15.9 Å². The Morgan fingerprint density at radius 2 is 1.97 bits per heavy atom. The average molecular weight is 438 g/mol. The van der Waals surface area contributed by atoms with Crippen LogP contribution in [0.4, 0.5) is 8.78 Å². The third-order valence-corrected chi connectivity index (χ3v) is 7.10. The van der Waals surface area contributed by atoms with E-state index in [1.807, 2.05) is 0 Å². The maximum atomic E-state index is 13.9. The molecule has 0 aliphatic carbocycles. The van der Waals surface area contributed by atoms with Crippen molar-refractivity contribution in [2.75, 3.05) is 27.2 Å². The fourth-order valence-corrected chi connectivity index (χ4v) is 5.32. The van der Waals surface area contributed by atoms with E-state index in [9.17, 15) is 22.0 Å². The normalized spacial score (nSPS) is 17.5. The molecule has 0 unspecified atom stereocenters. The van der Waals surface area contributed by atoms with Crippen LogP contribution in [0.15, 0.2) is 47.4 Å². The predicted molar refractivity (Wildman–Crippen MR) is 107 cm³/mol. The number of methoxy groups -OCH3 is 1. The average Bonchev–Trinajstić information content (AvgIpc) is 2.74. The molecule has 1 aliphatic rings. The van der Waals surface area contributed by atoms with E-state index in [4.69, 9.17) is 4.74 Å². The van der Waals surface area contributed by atoms with Gasteiger partial charge in [-0.15, -0.1) is 0 Å². The first kappa shape index (κ1) is 22.2. The summed E-state index contributed by atoms with van der Waals surface area (Å²) in [6.45, 7) is 0.289. The minimum Gasteiger partial charge on any atom is -0.495 e. The third-order valence-electron chi connectivity index (χ3n) is 5.22. The maximum absolute atomic E-state index is 13.9. The van der Waals surface area contributed by atoms with E-state index in [1.54, 1.807) is 25.2 Å². The van der Waals surface area contributed by atoms with Crippen LogP contribution in [0.2, 0.25) is 0 Å². The van der Waals surface area contributed by atoms with E-state index in [-0.39, 0.29) is 36.2 Å². The summed E-state index contributed by atoms with van der Waals surface area (Å²) in [6, 6.07) is 9.50. The van der Waals surface area contributed by atoms with Gasteiger partial charge in [0.15, 0.2) is 0 Å². The first-order valence-electron chi connectivity index (χ1n) is 9.56. The minimum atomic E-state index is -4.05. The number of nitrogens with zero attached hydrogens (tertiary/aromatic N) is 2. The molecular weight excluding hydrogens is 414 g/mol. The Morgan fingerprint density at radius 1 is 1.23 bits per heavy atom. The van der Waals surface area contributed by atoms with E-state index in [0.29, 0.717) is 18.4 Å². The molecule has 2 aromatic rings. The number of carbonyl (C=O) groups is 1. The van der Waals surface area contributed by atoms with Crippen molar-refractivity contribution in [2.24, 2.45) is 5.92 Å². The van der Waals surface area contributed by atoms with Crippen LogP contribution in [0, 0.1) is 17.6 Å². The molecule has 0 spiro atoms. The van der Waals surface area contributed by atoms with Crippen molar-refractivity contribution in [3.05, 3.63) is 59.7 Å². The number of hydrogen-bond donors (Lipinski definition) is 0. The zero-order valence-corrected chi connectivity index (χ0v) is 17.7. The van der Waals surface area contributed by atoms with Gasteiger partial charge in [-0.2, -0.15) is 4.31 Å². The van der Waals surface area contributed by atoms with Crippen LogP contribution in [-0.4, -0.2) is 50.8 Å². The molecule has 9 heteroatoms. The molecule has 0 N–H and O–H groups in total. The number of benzene rings is 2. The summed E-state index contributed by atoms with van der Waals surface area (Å²) in [5.74, 6) is -1.87. The molecule has 0 aromatic heterocycles. The monoisotopic (exact) mass is 438 g/mol. The van der Waals surface area contributed by atoms with Gasteiger partial charge in [0, 0.05) is 32.2 Å². The van der Waals surface area contributed by atoms with Gasteiger partial charge in [0.25, 0.3) is 0 Å². The van der Waals surface area contributed by atoms with E-state index in [2.05, 4.69) is 0 Å². The number of carbonyl (C=O) groups excluding carboxylic acids is 1. The number of hydrogen-bond acceptors (Lipinski definition) is 4. The highest BCUT2D eigenvalue weighted by molar-refractivity contribution is 7.89. The molecule has 1 heterocycles. The van der Waals surface area contributed by atoms with Gasteiger partial charge in [0.2, 0.25) is 15.9 Å². The Labute approximate surface area is 175 Å². The summed E-state index contributed by atoms with van der Waals surface area (Å²) in [5, 5.41) is 0. The zero-order chi connectivity index (χ0) is 21.9. The van der Waals surface area contributed by atoms with Crippen LogP contribution in [0.5, 0.6) is 5.75 Å². The molecule has 2 aromatic carbocycles. The van der Waals surface area contributed by atoms with Crippen molar-refractivity contribution in [3.63, 3.8) is 0 Å². The Morgan fingerprint density at radius 3 is 2.67 bits per heavy atom. The summed E-state index contributed by atoms with van der Waals surface area (Å²) >= 11 is 0. The highest BCUT2D eigenvalue weighted by atomic mass is 32.2. The smallest absolute Gasteiger partial charge is 0.246 e. The first-order valence-corrected chi connectivity index (χ1v) is 11.0. The van der Waals surface area contributed by atoms with Gasteiger partial charge in [-0.25, -0.2) is 17.2 Å². The molecular formula is C21H24F2N2O4S. The first-order chi connectivity index (χ1) is 14.2. The van der Waals surface area contributed by atoms with Gasteiger partial charge < -0.3 is 9.64 Å². The minimum absolute atomic E-state index is 0.0254. The van der Waals surface area contributed by atoms with E-state index in [1.165, 1.54) is 28.4 Å². The molecule has 6 nitrogen and oxygen atoms in total. The van der Waals surface area contributed by atoms with Crippen LogP contribution in [-0.2, 0) is 21.4 Å². The van der Waals surface area contributed by atoms with Crippen molar-refractivity contribution < 1.29 is 26.7 Å². The molecule has 3 rings (SSSR count). The fourth-order valence-electron chi connectivity index (χ4n) is 3.63. The fraction of sp³-hybridized carbons (Fsp3) is 0.381. The molecule has 0 bridgehead atoms. The van der Waals surface area contributed by atoms with Gasteiger partial charge in [-0.05, 0) is 37.1 Å². The molecule has 1 aliphatic heterocycles. The van der Waals surface area contributed by atoms with Crippen LogP contribution < -0.4 is 4.74 Å². The molecule has 1 atom stereocenters. The molecule has 1 amide bonds. The van der Waals surface area contributed by atoms with Crippen molar-refractivity contribution in [1.29, 1.82) is 0 Å². The summed E-state index contributed by atoms with van der Waals surface area (Å²) in [7, 11) is -1.17. The van der Waals surface area contributed by atoms with Gasteiger partial charge in [-0.3, -0.25) is 4.79 Å². The molecule has 0 radical (unpaired) electrons. The van der Waals surface area contributed by atoms with Crippen LogP contribution in [0.1, 0.15) is 18.4 Å². The number of halogens is 2. The van der Waals surface area contributed by atoms with Gasteiger partial charge in [0.05, 0.1) is 13.0 Å². The highest BCUT2D eigenvalue weighted by Crippen LogP contribution is 2.31. The van der Waals surface area contributed by atoms with Gasteiger partial charge >= 0.3 is 0 Å². The molecule has 30 heavy (non-hydrogen) atoms. The maximum Gasteiger partial charge on any atom is 0.246 e. The number of ether oxygens (including phenoxy) is 1. The SMILES string of the molecule is COc1ccc(F)cc1S(=O)(=O)N1CCC[C@H](C(=O)N(C)Cc2ccccc2F)C1. The summed E-state index contributed by atoms with van der Waals surface area (Å²) in [4.78, 5) is 14.0. The molecule has 162 valence electrons. The number of amides is 1. The van der Waals surface area contributed by atoms with Crippen LogP contribution >= 0.6 is 0 Å². The Bertz CT molecular complexity index is 1030. The topological polar surface area (TPSA) is 66.9 Å². The number of piperidine rings is 1. The lowest BCUT2D eigenvalue weighted by Crippen LogP contribution is -2.45. The predicted octanol–water partition coefficient (Wildman–Crippen LogP) is 3.03. The van der Waals surface area contributed by atoms with Crippen LogP contribution in [0.25, 0.3) is 0 Å². The molecule has 1 saturated heterocycles. The highest BCUT2D eigenvalue weighted by Gasteiger charge is 2.36. The van der Waals surface area contributed by atoms with Gasteiger partial charge in [0.1, 0.15) is 22.3 Å². The lowest BCUT2D eigenvalue weighted by atomic mass is 9.98. The van der Waals surface area contributed by atoms with Crippen LogP contribution in [0.3, 0.4) is 0 Å². The second-order valence-electron chi connectivity index (χ2n) is 7.28. The van der Waals surface area contributed by atoms with E-state index in [0.717, 1.165) is 12.1 Å². The quantitative estimate of drug-likeness (QED) is 0.695. The van der Waals surface area contributed by atoms with E-state index >= 15 is 0 Å². The summed E-state index contributed by atoms with van der Waals surface area (Å²) in [5.41, 5.74) is 0.387. The van der Waals surface area contributed by atoms with Crippen molar-refractivity contribution in [2.45, 2.75) is 24.3 Å². The lowest BCUT2D eigenvalue weighted by Gasteiger charge is -2.33. The largest absolute Gasteiger partial charge is 0.495 e. The Kier molecular flexibility index (Phi) is 6.72. The summed E-state index contributed by atoms with van der Waals surface area (Å²) < 4.78 is 60.1. The summed E-state index contributed by atoms with van der Waals surface area (Å²) in [6.07, 6.45) is 1.01. The second kappa shape index (κ2) is 9.09. The second-order valence-corrected chi connectivity index (χ2v) is 9.19. The van der Waals surface area contributed by atoms with Crippen molar-refractivity contribution in [1.82, 2.24) is 9.21 Å². The van der Waals surface area contributed by atoms with Gasteiger partial charge in [-0.1, -0.05) is 18.2 Å². The van der Waals surface area contributed by atoms with Crippen molar-refractivity contribution in [3.8, 4) is 5.75 Å². The standard InChI is InChI=1S/C21H24F2N2O4S/c1-24(13-15-6-3-4-8-18(15)23)21(26)16-7-5-11-25(14-16)30(27,28)20-12-17(22)9-10-19(20)29-2/h3-4,6,8-10,12,16H,5,7,11,13-14H2,1-2H3/t16-/m0/s1. The third kappa shape index (κ3) is 4.62. The van der Waals surface area contributed by atoms with E-state index < -0.39 is 27.6 Å². The Hall–Kier alpha value is -2.52. The Balaban J connectivity index is 1.77. The molecule has 1 fully saturated rings. The lowest BCUT2D eigenvalue weighted by molar-refractivity contribution is -0.135. The number of sulfonamides is 1.